The average Bonchev–Trinajstić information content (AvgIpc) is 2.40. The van der Waals surface area contributed by atoms with Gasteiger partial charge in [0.1, 0.15) is 6.33 Å². The lowest BCUT2D eigenvalue weighted by Gasteiger charge is -1.81. The molecule has 8 N–H and O–H groups in total. The number of aliphatic carboxylic acids is 1. The third kappa shape index (κ3) is 25.3. The van der Waals surface area contributed by atoms with Crippen molar-refractivity contribution >= 4 is 17.9 Å². The van der Waals surface area contributed by atoms with Crippen LogP contribution in [0.1, 0.15) is 0 Å². The maximum Gasteiger partial charge on any atom is 0.328 e. The van der Waals surface area contributed by atoms with E-state index in [1.807, 2.05) is 0 Å². The number of urea groups is 1. The van der Waals surface area contributed by atoms with Gasteiger partial charge in [0, 0.05) is 24.5 Å². The fourth-order valence-electron chi connectivity index (χ4n) is 0.407. The van der Waals surface area contributed by atoms with Crippen molar-refractivity contribution in [2.45, 2.75) is 0 Å². The zero-order valence-electron chi connectivity index (χ0n) is 9.76. The number of nitrogens with one attached hydrogen (secondary N) is 1. The molecule has 0 bridgehead atoms. The highest BCUT2D eigenvalue weighted by Crippen LogP contribution is 1.68. The van der Waals surface area contributed by atoms with Gasteiger partial charge < -0.3 is 16.6 Å². The van der Waals surface area contributed by atoms with E-state index < -0.39 is 17.9 Å². The Kier molecular flexibility index (Phi) is 12.6. The van der Waals surface area contributed by atoms with Crippen molar-refractivity contribution < 1.29 is 19.5 Å². The molecule has 0 aliphatic heterocycles. The highest BCUT2D eigenvalue weighted by atomic mass is 16.4. The molecule has 10 nitrogen and oxygen atoms in total. The van der Waals surface area contributed by atoms with Gasteiger partial charge in [-0.1, -0.05) is 0 Å². The predicted molar refractivity (Wildman–Crippen MR) is 64.9 cm³/mol. The van der Waals surface area contributed by atoms with E-state index in [0.29, 0.717) is 6.08 Å². The Balaban J connectivity index is 0. The first-order chi connectivity index (χ1) is 8.90. The summed E-state index contributed by atoms with van der Waals surface area (Å²) in [6.45, 7) is 0. The van der Waals surface area contributed by atoms with Gasteiger partial charge in [-0.3, -0.25) is 10.2 Å². The number of primary amides is 2. The number of nitrogens with two attached hydrogens (primary N) is 3. The van der Waals surface area contributed by atoms with Gasteiger partial charge in [-0.15, -0.1) is 0 Å². The van der Waals surface area contributed by atoms with Crippen molar-refractivity contribution in [1.29, 1.82) is 0 Å². The quantitative estimate of drug-likeness (QED) is 0.180. The molecule has 0 spiro atoms. The van der Waals surface area contributed by atoms with E-state index in [1.54, 1.807) is 23.9 Å². The minimum Gasteiger partial charge on any atom is -0.478 e. The second-order valence-electron chi connectivity index (χ2n) is 2.49. The lowest BCUT2D eigenvalue weighted by molar-refractivity contribution is -0.131. The van der Waals surface area contributed by atoms with E-state index in [-0.39, 0.29) is 0 Å². The smallest absolute Gasteiger partial charge is 0.328 e. The van der Waals surface area contributed by atoms with Crippen LogP contribution in [-0.2, 0) is 9.59 Å². The van der Waals surface area contributed by atoms with Crippen LogP contribution in [0.2, 0.25) is 0 Å². The van der Waals surface area contributed by atoms with Crippen LogP contribution in [0.5, 0.6) is 0 Å². The number of rotatable bonds is 2. The van der Waals surface area contributed by atoms with Crippen molar-refractivity contribution in [1.82, 2.24) is 15.4 Å². The molecule has 1 aromatic heterocycles. The summed E-state index contributed by atoms with van der Waals surface area (Å²) in [5.74, 6) is 2.51. The van der Waals surface area contributed by atoms with Crippen molar-refractivity contribution in [3.05, 3.63) is 36.9 Å². The molecule has 19 heavy (non-hydrogen) atoms. The van der Waals surface area contributed by atoms with Crippen LogP contribution in [0, 0.1) is 0 Å². The van der Waals surface area contributed by atoms with Crippen LogP contribution in [0.15, 0.2) is 36.9 Å². The minimum atomic E-state index is -1.18. The topological polar surface area (TPSA) is 187 Å². The molecule has 1 heterocycles. The number of aromatic nitrogens is 2. The first-order valence-electron chi connectivity index (χ1n) is 4.56. The molecule has 0 fully saturated rings. The van der Waals surface area contributed by atoms with Crippen molar-refractivity contribution in [2.75, 3.05) is 0 Å². The normalized spacial score (nSPS) is 8.26. The summed E-state index contributed by atoms with van der Waals surface area (Å²) in [6.07, 6.45) is 6.34. The number of nitrogens with zero attached hydrogens (tertiary/aromatic N) is 2. The van der Waals surface area contributed by atoms with Gasteiger partial charge in [0.15, 0.2) is 0 Å². The van der Waals surface area contributed by atoms with Gasteiger partial charge >= 0.3 is 12.0 Å². The number of hydrogen-bond donors (Lipinski definition) is 5. The van der Waals surface area contributed by atoms with E-state index in [1.165, 1.54) is 6.33 Å². The first-order valence-corrected chi connectivity index (χ1v) is 4.56. The zero-order valence-corrected chi connectivity index (χ0v) is 9.76. The molecule has 0 saturated heterocycles. The van der Waals surface area contributed by atoms with Gasteiger partial charge in [0.25, 0.3) is 0 Å². The van der Waals surface area contributed by atoms with E-state index in [4.69, 9.17) is 5.11 Å². The van der Waals surface area contributed by atoms with Crippen molar-refractivity contribution in [2.24, 2.45) is 17.3 Å². The molecule has 10 heteroatoms. The molecule has 1 rings (SSSR count). The molecule has 104 valence electrons. The van der Waals surface area contributed by atoms with Crippen molar-refractivity contribution in [3.8, 4) is 0 Å². The number of carboxylic acid groups (broad SMARTS) is 1. The molecule has 0 saturated carbocycles. The van der Waals surface area contributed by atoms with Gasteiger partial charge in [-0.05, 0) is 6.07 Å². The minimum absolute atomic E-state index is 0.683. The van der Waals surface area contributed by atoms with Crippen LogP contribution in [0.3, 0.4) is 0 Å². The summed E-state index contributed by atoms with van der Waals surface area (Å²) in [6, 6.07) is 1.06. The predicted octanol–water partition coefficient (Wildman–Crippen LogP) is -1.88. The fraction of sp³-hybridized carbons (Fsp3) is 0. The standard InChI is InChI=1S/C4H4N2.C4H5NO3.CH5N3O/c1-2-5-4-6-3-1;5-3(6)1-2-4(7)8;2-1(5)4-3/h1-4H;1-2H,(H2,5,6)(H,7,8);3H2,(H3,2,4,5)/b;2-1-;. The lowest BCUT2D eigenvalue weighted by atomic mass is 10.5. The summed E-state index contributed by atoms with van der Waals surface area (Å²) in [5, 5.41) is 7.87. The molecule has 0 aromatic carbocycles. The number of amides is 3. The van der Waals surface area contributed by atoms with Gasteiger partial charge in [-0.2, -0.15) is 0 Å². The largest absolute Gasteiger partial charge is 0.478 e. The lowest BCUT2D eigenvalue weighted by Crippen LogP contribution is -2.34. The highest BCUT2D eigenvalue weighted by molar-refractivity contribution is 5.92. The average molecular weight is 270 g/mol. The summed E-state index contributed by atoms with van der Waals surface area (Å²) < 4.78 is 0. The number of carboxylic acids is 1. The fourth-order valence-corrected chi connectivity index (χ4v) is 0.407. The number of carbonyl (C=O) groups is 3. The maximum atomic E-state index is 9.78. The molecule has 1 aromatic rings. The highest BCUT2D eigenvalue weighted by Gasteiger charge is 1.86. The Morgan fingerprint density at radius 3 is 1.68 bits per heavy atom. The Bertz CT molecular complexity index is 366. The van der Waals surface area contributed by atoms with Gasteiger partial charge in [-0.25, -0.2) is 25.4 Å². The van der Waals surface area contributed by atoms with Crippen LogP contribution in [0.25, 0.3) is 0 Å². The molecule has 0 radical (unpaired) electrons. The second kappa shape index (κ2) is 13.1. The number of hydrogen-bond acceptors (Lipinski definition) is 6. The summed E-state index contributed by atoms with van der Waals surface area (Å²) >= 11 is 0. The van der Waals surface area contributed by atoms with E-state index >= 15 is 0 Å². The molecule has 0 aliphatic rings. The van der Waals surface area contributed by atoms with E-state index in [9.17, 15) is 14.4 Å². The summed E-state index contributed by atoms with van der Waals surface area (Å²) in [7, 11) is 0. The Morgan fingerprint density at radius 2 is 1.58 bits per heavy atom. The molecule has 3 amide bonds. The summed E-state index contributed by atoms with van der Waals surface area (Å²) in [5.41, 5.74) is 10.6. The van der Waals surface area contributed by atoms with Gasteiger partial charge in [0.05, 0.1) is 0 Å². The van der Waals surface area contributed by atoms with Crippen LogP contribution >= 0.6 is 0 Å². The van der Waals surface area contributed by atoms with Crippen LogP contribution in [0.4, 0.5) is 4.79 Å². The van der Waals surface area contributed by atoms with Gasteiger partial charge in [0.2, 0.25) is 5.91 Å². The third-order valence-corrected chi connectivity index (χ3v) is 1.01. The van der Waals surface area contributed by atoms with E-state index in [0.717, 1.165) is 6.08 Å². The Morgan fingerprint density at radius 1 is 1.11 bits per heavy atom. The van der Waals surface area contributed by atoms with Crippen LogP contribution in [-0.4, -0.2) is 33.0 Å². The Hall–Kier alpha value is -3.01. The SMILES string of the molecule is NC(=O)/C=C\C(=O)O.NNC(N)=O.c1cncnc1. The molecular formula is C9H14N6O4. The van der Waals surface area contributed by atoms with Crippen LogP contribution < -0.4 is 22.7 Å². The molecule has 0 aliphatic carbocycles. The number of hydrazine groups is 1. The van der Waals surface area contributed by atoms with Crippen molar-refractivity contribution in [3.63, 3.8) is 0 Å². The summed E-state index contributed by atoms with van der Waals surface area (Å²) in [4.78, 5) is 36.1. The molecular weight excluding hydrogens is 256 g/mol. The second-order valence-corrected chi connectivity index (χ2v) is 2.49. The Labute approximate surface area is 108 Å². The number of carbonyl (C=O) groups excluding carboxylic acids is 2. The first kappa shape index (κ1) is 18.4. The van der Waals surface area contributed by atoms with E-state index in [2.05, 4.69) is 27.3 Å². The molecule has 0 atom stereocenters. The third-order valence-electron chi connectivity index (χ3n) is 1.01. The maximum absolute atomic E-state index is 9.78. The monoisotopic (exact) mass is 270 g/mol. The molecule has 0 unspecified atom stereocenters. The zero-order chi connectivity index (χ0) is 15.1.